The highest BCUT2D eigenvalue weighted by Crippen LogP contribution is 2.33. The summed E-state index contributed by atoms with van der Waals surface area (Å²) in [7, 11) is 0. The molecule has 35 heavy (non-hydrogen) atoms. The maximum atomic E-state index is 13.1. The fraction of sp³-hybridized carbons (Fsp3) is 0.269. The predicted octanol–water partition coefficient (Wildman–Crippen LogP) is 3.65. The van der Waals surface area contributed by atoms with E-state index in [2.05, 4.69) is 45.0 Å². The van der Waals surface area contributed by atoms with E-state index in [-0.39, 0.29) is 24.8 Å². The van der Waals surface area contributed by atoms with Gasteiger partial charge in [-0.2, -0.15) is 4.98 Å². The molecule has 3 aromatic rings. The van der Waals surface area contributed by atoms with Crippen molar-refractivity contribution >= 4 is 40.9 Å². The van der Waals surface area contributed by atoms with Crippen LogP contribution >= 0.6 is 0 Å². The first kappa shape index (κ1) is 22.5. The molecular formula is C26H26N6O3. The van der Waals surface area contributed by atoms with Crippen LogP contribution < -0.4 is 16.0 Å². The SMILES string of the molecule is Cc1cc(C)c(Nc2nccc(Nc3cccc4c3CN(C3CCC(=O)NC3=O)C4=O)n2)c(C)c1. The molecular weight excluding hydrogens is 444 g/mol. The van der Waals surface area contributed by atoms with E-state index in [1.807, 2.05) is 19.9 Å². The van der Waals surface area contributed by atoms with Crippen LogP contribution in [0.1, 0.15) is 45.5 Å². The normalized spacial score (nSPS) is 17.3. The first-order chi connectivity index (χ1) is 16.8. The number of anilines is 4. The quantitative estimate of drug-likeness (QED) is 0.488. The van der Waals surface area contributed by atoms with Gasteiger partial charge in [-0.15, -0.1) is 0 Å². The largest absolute Gasteiger partial charge is 0.340 e. The van der Waals surface area contributed by atoms with Gasteiger partial charge in [-0.1, -0.05) is 23.8 Å². The number of nitrogens with zero attached hydrogens (tertiary/aromatic N) is 3. The zero-order valence-corrected chi connectivity index (χ0v) is 19.8. The minimum atomic E-state index is -0.656. The molecule has 3 heterocycles. The third kappa shape index (κ3) is 4.32. The smallest absolute Gasteiger partial charge is 0.255 e. The fourth-order valence-electron chi connectivity index (χ4n) is 4.82. The maximum Gasteiger partial charge on any atom is 0.255 e. The number of fused-ring (bicyclic) bond motifs is 1. The van der Waals surface area contributed by atoms with E-state index in [0.717, 1.165) is 28.1 Å². The molecule has 1 unspecified atom stereocenters. The molecule has 1 fully saturated rings. The fourth-order valence-corrected chi connectivity index (χ4v) is 4.82. The second kappa shape index (κ2) is 8.83. The van der Waals surface area contributed by atoms with Gasteiger partial charge in [0.05, 0.1) is 0 Å². The van der Waals surface area contributed by atoms with Gasteiger partial charge >= 0.3 is 0 Å². The second-order valence-corrected chi connectivity index (χ2v) is 9.02. The van der Waals surface area contributed by atoms with Crippen LogP contribution in [0.2, 0.25) is 0 Å². The molecule has 9 heteroatoms. The summed E-state index contributed by atoms with van der Waals surface area (Å²) in [4.78, 5) is 47.4. The van der Waals surface area contributed by atoms with Crippen LogP contribution in [-0.4, -0.2) is 38.6 Å². The molecule has 3 amide bonds. The highest BCUT2D eigenvalue weighted by atomic mass is 16.2. The van der Waals surface area contributed by atoms with Crippen molar-refractivity contribution in [1.82, 2.24) is 20.2 Å². The molecule has 2 aliphatic rings. The number of aromatic nitrogens is 2. The molecule has 5 rings (SSSR count). The minimum Gasteiger partial charge on any atom is -0.340 e. The Balaban J connectivity index is 1.38. The lowest BCUT2D eigenvalue weighted by atomic mass is 10.0. The lowest BCUT2D eigenvalue weighted by Gasteiger charge is -2.29. The van der Waals surface area contributed by atoms with E-state index in [1.165, 1.54) is 10.5 Å². The number of imide groups is 1. The molecule has 0 spiro atoms. The summed E-state index contributed by atoms with van der Waals surface area (Å²) in [5.41, 5.74) is 6.45. The van der Waals surface area contributed by atoms with Gasteiger partial charge in [0.1, 0.15) is 11.9 Å². The third-order valence-electron chi connectivity index (χ3n) is 6.41. The number of carbonyl (C=O) groups excluding carboxylic acids is 3. The van der Waals surface area contributed by atoms with Crippen LogP contribution in [0.5, 0.6) is 0 Å². The van der Waals surface area contributed by atoms with E-state index in [1.54, 1.807) is 24.4 Å². The summed E-state index contributed by atoms with van der Waals surface area (Å²) >= 11 is 0. The van der Waals surface area contributed by atoms with Gasteiger partial charge < -0.3 is 15.5 Å². The Morgan fingerprint density at radius 2 is 1.80 bits per heavy atom. The number of nitrogens with one attached hydrogen (secondary N) is 3. The van der Waals surface area contributed by atoms with E-state index in [0.29, 0.717) is 23.8 Å². The van der Waals surface area contributed by atoms with Gasteiger partial charge in [-0.3, -0.25) is 19.7 Å². The molecule has 2 aromatic carbocycles. The summed E-state index contributed by atoms with van der Waals surface area (Å²) in [6, 6.07) is 10.7. The molecule has 0 bridgehead atoms. The van der Waals surface area contributed by atoms with Crippen LogP contribution in [0.4, 0.5) is 23.1 Å². The number of aryl methyl sites for hydroxylation is 3. The van der Waals surface area contributed by atoms with E-state index in [9.17, 15) is 14.4 Å². The second-order valence-electron chi connectivity index (χ2n) is 9.02. The molecule has 1 saturated heterocycles. The van der Waals surface area contributed by atoms with Crippen molar-refractivity contribution in [3.8, 4) is 0 Å². The summed E-state index contributed by atoms with van der Waals surface area (Å²) in [6.45, 7) is 6.43. The van der Waals surface area contributed by atoms with Crippen molar-refractivity contribution in [2.24, 2.45) is 0 Å². The number of amides is 3. The van der Waals surface area contributed by atoms with Gasteiger partial charge in [0.2, 0.25) is 17.8 Å². The van der Waals surface area contributed by atoms with Crippen molar-refractivity contribution in [1.29, 1.82) is 0 Å². The number of benzene rings is 2. The zero-order valence-electron chi connectivity index (χ0n) is 19.8. The van der Waals surface area contributed by atoms with Crippen LogP contribution in [0, 0.1) is 20.8 Å². The molecule has 1 atom stereocenters. The van der Waals surface area contributed by atoms with Gasteiger partial charge in [0.15, 0.2) is 0 Å². The first-order valence-corrected chi connectivity index (χ1v) is 11.5. The van der Waals surface area contributed by atoms with E-state index >= 15 is 0 Å². The zero-order chi connectivity index (χ0) is 24.7. The van der Waals surface area contributed by atoms with Gasteiger partial charge in [0, 0.05) is 41.7 Å². The molecule has 9 nitrogen and oxygen atoms in total. The summed E-state index contributed by atoms with van der Waals surface area (Å²) in [5.74, 6) is 0.0877. The van der Waals surface area contributed by atoms with Crippen LogP contribution in [0.25, 0.3) is 0 Å². The standard InChI is InChI=1S/C26H26N6O3/c1-14-11-15(2)23(16(3)12-14)31-26-27-10-9-21(29-26)28-19-6-4-5-17-18(19)13-32(25(17)35)20-7-8-22(33)30-24(20)34/h4-6,9-12,20H,7-8,13H2,1-3H3,(H,30,33,34)(H2,27,28,29,31). The first-order valence-electron chi connectivity index (χ1n) is 11.5. The molecule has 2 aliphatic heterocycles. The summed E-state index contributed by atoms with van der Waals surface area (Å²) in [5, 5.41) is 8.96. The monoisotopic (exact) mass is 470 g/mol. The lowest BCUT2D eigenvalue weighted by Crippen LogP contribution is -2.52. The van der Waals surface area contributed by atoms with E-state index < -0.39 is 11.9 Å². The molecule has 0 radical (unpaired) electrons. The van der Waals surface area contributed by atoms with Crippen molar-refractivity contribution in [2.75, 3.05) is 10.6 Å². The van der Waals surface area contributed by atoms with Crippen molar-refractivity contribution in [3.63, 3.8) is 0 Å². The molecule has 178 valence electrons. The molecule has 3 N–H and O–H groups in total. The average Bonchev–Trinajstić information content (AvgIpc) is 3.14. The van der Waals surface area contributed by atoms with Gasteiger partial charge in [0.25, 0.3) is 5.91 Å². The number of piperidine rings is 1. The Labute approximate surface area is 203 Å². The number of hydrogen-bond donors (Lipinski definition) is 3. The van der Waals surface area contributed by atoms with Crippen LogP contribution in [0.15, 0.2) is 42.6 Å². The van der Waals surface area contributed by atoms with Crippen LogP contribution in [0.3, 0.4) is 0 Å². The number of rotatable bonds is 5. The topological polar surface area (TPSA) is 116 Å². The summed E-state index contributed by atoms with van der Waals surface area (Å²) in [6.07, 6.45) is 2.21. The Bertz CT molecular complexity index is 1350. The van der Waals surface area contributed by atoms with Crippen molar-refractivity contribution in [2.45, 2.75) is 46.2 Å². The van der Waals surface area contributed by atoms with Crippen molar-refractivity contribution in [3.05, 3.63) is 70.4 Å². The number of carbonyl (C=O) groups is 3. The Hall–Kier alpha value is -4.27. The van der Waals surface area contributed by atoms with Gasteiger partial charge in [-0.05, 0) is 56.5 Å². The average molecular weight is 471 g/mol. The Kier molecular flexibility index (Phi) is 5.68. The highest BCUT2D eigenvalue weighted by Gasteiger charge is 2.39. The van der Waals surface area contributed by atoms with Gasteiger partial charge in [-0.25, -0.2) is 4.98 Å². The Morgan fingerprint density at radius 3 is 2.54 bits per heavy atom. The third-order valence-corrected chi connectivity index (χ3v) is 6.41. The molecule has 1 aromatic heterocycles. The highest BCUT2D eigenvalue weighted by molar-refractivity contribution is 6.06. The lowest BCUT2D eigenvalue weighted by molar-refractivity contribution is -0.136. The Morgan fingerprint density at radius 1 is 1.03 bits per heavy atom. The molecule has 0 aliphatic carbocycles. The number of hydrogen-bond acceptors (Lipinski definition) is 7. The maximum absolute atomic E-state index is 13.1. The van der Waals surface area contributed by atoms with Crippen molar-refractivity contribution < 1.29 is 14.4 Å². The van der Waals surface area contributed by atoms with Crippen LogP contribution in [-0.2, 0) is 16.1 Å². The summed E-state index contributed by atoms with van der Waals surface area (Å²) < 4.78 is 0. The minimum absolute atomic E-state index is 0.214. The predicted molar refractivity (Wildman–Crippen MR) is 132 cm³/mol. The van der Waals surface area contributed by atoms with E-state index in [4.69, 9.17) is 0 Å². The molecule has 0 saturated carbocycles.